The maximum Gasteiger partial charge on any atom is 0.308 e. The summed E-state index contributed by atoms with van der Waals surface area (Å²) in [5.74, 6) is -2.21. The minimum Gasteiger partial charge on any atom is -0.426 e. The van der Waals surface area contributed by atoms with Gasteiger partial charge in [0.1, 0.15) is 5.56 Å². The first-order chi connectivity index (χ1) is 12.7. The SMILES string of the molecule is CC(=O)Oc1cc(Cl)cc([N+](=O)[O-])c1C(=O)C1=CC(C)C2CCCC2C1=O. The molecule has 142 valence electrons. The van der Waals surface area contributed by atoms with E-state index in [0.717, 1.165) is 25.8 Å². The fourth-order valence-corrected chi connectivity index (χ4v) is 4.31. The fourth-order valence-electron chi connectivity index (χ4n) is 4.11. The van der Waals surface area contributed by atoms with Crippen molar-refractivity contribution in [2.45, 2.75) is 33.1 Å². The number of rotatable bonds is 4. The molecule has 7 nitrogen and oxygen atoms in total. The molecule has 1 aromatic rings. The highest BCUT2D eigenvalue weighted by atomic mass is 35.5. The number of ether oxygens (including phenoxy) is 1. The lowest BCUT2D eigenvalue weighted by Gasteiger charge is -2.29. The third kappa shape index (κ3) is 3.51. The molecule has 0 radical (unpaired) electrons. The van der Waals surface area contributed by atoms with Gasteiger partial charge in [0.15, 0.2) is 11.5 Å². The van der Waals surface area contributed by atoms with Gasteiger partial charge in [-0.1, -0.05) is 31.0 Å². The summed E-state index contributed by atoms with van der Waals surface area (Å²) >= 11 is 5.88. The zero-order chi connectivity index (χ0) is 19.9. The Morgan fingerprint density at radius 2 is 2.00 bits per heavy atom. The first-order valence-corrected chi connectivity index (χ1v) is 9.05. The molecular formula is C19H18ClNO6. The summed E-state index contributed by atoms with van der Waals surface area (Å²) in [7, 11) is 0. The molecule has 1 saturated carbocycles. The number of nitro groups is 1. The quantitative estimate of drug-likeness (QED) is 0.192. The Kier molecular flexibility index (Phi) is 5.15. The zero-order valence-corrected chi connectivity index (χ0v) is 15.6. The third-order valence-corrected chi connectivity index (χ3v) is 5.46. The van der Waals surface area contributed by atoms with Crippen molar-refractivity contribution in [2.24, 2.45) is 17.8 Å². The molecule has 0 saturated heterocycles. The van der Waals surface area contributed by atoms with Crippen molar-refractivity contribution in [2.75, 3.05) is 0 Å². The first-order valence-electron chi connectivity index (χ1n) is 8.67. The number of hydrogen-bond donors (Lipinski definition) is 0. The molecule has 8 heteroatoms. The fraction of sp³-hybridized carbons (Fsp3) is 0.421. The largest absolute Gasteiger partial charge is 0.426 e. The van der Waals surface area contributed by atoms with E-state index in [0.29, 0.717) is 6.42 Å². The van der Waals surface area contributed by atoms with E-state index in [1.807, 2.05) is 6.92 Å². The van der Waals surface area contributed by atoms with Gasteiger partial charge in [0.25, 0.3) is 5.69 Å². The second-order valence-electron chi connectivity index (χ2n) is 6.98. The van der Waals surface area contributed by atoms with Crippen LogP contribution in [0.15, 0.2) is 23.8 Å². The highest BCUT2D eigenvalue weighted by Crippen LogP contribution is 2.44. The number of ketones is 2. The van der Waals surface area contributed by atoms with Crippen LogP contribution in [0.5, 0.6) is 5.75 Å². The van der Waals surface area contributed by atoms with E-state index in [9.17, 15) is 24.5 Å². The maximum atomic E-state index is 13.2. The third-order valence-electron chi connectivity index (χ3n) is 5.24. The summed E-state index contributed by atoms with van der Waals surface area (Å²) in [5.41, 5.74) is -1.11. The van der Waals surface area contributed by atoms with Gasteiger partial charge in [-0.2, -0.15) is 0 Å². The second kappa shape index (κ2) is 7.23. The molecule has 2 aliphatic rings. The van der Waals surface area contributed by atoms with Crippen LogP contribution < -0.4 is 4.74 Å². The van der Waals surface area contributed by atoms with E-state index in [2.05, 4.69) is 0 Å². The average molecular weight is 392 g/mol. The Morgan fingerprint density at radius 3 is 2.63 bits per heavy atom. The van der Waals surface area contributed by atoms with Gasteiger partial charge in [-0.3, -0.25) is 24.5 Å². The number of carbonyl (C=O) groups excluding carboxylic acids is 3. The molecule has 3 atom stereocenters. The van der Waals surface area contributed by atoms with Gasteiger partial charge in [0, 0.05) is 25.0 Å². The summed E-state index contributed by atoms with van der Waals surface area (Å²) in [4.78, 5) is 48.1. The Hall–Kier alpha value is -2.54. The van der Waals surface area contributed by atoms with Crippen molar-refractivity contribution in [3.63, 3.8) is 0 Å². The molecule has 1 fully saturated rings. The molecule has 2 aliphatic carbocycles. The summed E-state index contributed by atoms with van der Waals surface area (Å²) in [6.07, 6.45) is 4.14. The number of nitrogens with zero attached hydrogens (tertiary/aromatic N) is 1. The standard InChI is InChI=1S/C19H18ClNO6/c1-9-6-14(18(23)13-5-3-4-12(9)13)19(24)17-15(21(25)26)7-11(20)8-16(17)27-10(2)22/h6-9,12-13H,3-5H2,1-2H3. The minimum absolute atomic E-state index is 0.0117. The molecule has 1 aromatic carbocycles. The van der Waals surface area contributed by atoms with Gasteiger partial charge in [0.05, 0.1) is 15.5 Å². The second-order valence-corrected chi connectivity index (χ2v) is 7.42. The number of benzene rings is 1. The van der Waals surface area contributed by atoms with E-state index in [1.54, 1.807) is 6.08 Å². The molecule has 0 heterocycles. The number of nitro benzene ring substituents is 1. The van der Waals surface area contributed by atoms with Crippen LogP contribution in [0, 0.1) is 27.9 Å². The number of esters is 1. The Labute approximate surface area is 160 Å². The monoisotopic (exact) mass is 391 g/mol. The van der Waals surface area contributed by atoms with Gasteiger partial charge < -0.3 is 4.74 Å². The van der Waals surface area contributed by atoms with Crippen LogP contribution in [0.3, 0.4) is 0 Å². The van der Waals surface area contributed by atoms with Crippen LogP contribution >= 0.6 is 11.6 Å². The minimum atomic E-state index is -0.809. The summed E-state index contributed by atoms with van der Waals surface area (Å²) in [6, 6.07) is 2.18. The molecule has 3 rings (SSSR count). The predicted molar refractivity (Wildman–Crippen MR) is 96.8 cm³/mol. The average Bonchev–Trinajstić information content (AvgIpc) is 3.07. The Balaban J connectivity index is 2.13. The number of fused-ring (bicyclic) bond motifs is 1. The van der Waals surface area contributed by atoms with Gasteiger partial charge in [-0.25, -0.2) is 0 Å². The van der Waals surface area contributed by atoms with Gasteiger partial charge in [0.2, 0.25) is 5.78 Å². The Bertz CT molecular complexity index is 890. The normalized spacial score (nSPS) is 24.2. The van der Waals surface area contributed by atoms with Gasteiger partial charge >= 0.3 is 5.97 Å². The van der Waals surface area contributed by atoms with Crippen molar-refractivity contribution in [3.8, 4) is 5.75 Å². The smallest absolute Gasteiger partial charge is 0.308 e. The van der Waals surface area contributed by atoms with Crippen molar-refractivity contribution in [3.05, 3.63) is 44.5 Å². The van der Waals surface area contributed by atoms with Crippen molar-refractivity contribution in [1.82, 2.24) is 0 Å². The van der Waals surface area contributed by atoms with E-state index in [4.69, 9.17) is 16.3 Å². The maximum absolute atomic E-state index is 13.2. The van der Waals surface area contributed by atoms with E-state index < -0.39 is 27.9 Å². The number of allylic oxidation sites excluding steroid dienone is 2. The number of halogens is 1. The first kappa shape index (κ1) is 19.2. The van der Waals surface area contributed by atoms with Crippen molar-refractivity contribution in [1.29, 1.82) is 0 Å². The molecule has 0 spiro atoms. The lowest BCUT2D eigenvalue weighted by molar-refractivity contribution is -0.385. The molecule has 27 heavy (non-hydrogen) atoms. The topological polar surface area (TPSA) is 104 Å². The summed E-state index contributed by atoms with van der Waals surface area (Å²) < 4.78 is 4.99. The van der Waals surface area contributed by atoms with Gasteiger partial charge in [-0.15, -0.1) is 0 Å². The molecular weight excluding hydrogens is 374 g/mol. The van der Waals surface area contributed by atoms with E-state index >= 15 is 0 Å². The molecule has 0 aromatic heterocycles. The van der Waals surface area contributed by atoms with Crippen LogP contribution in [0.25, 0.3) is 0 Å². The number of carbonyl (C=O) groups is 3. The number of hydrogen-bond acceptors (Lipinski definition) is 6. The van der Waals surface area contributed by atoms with Crippen molar-refractivity contribution < 1.29 is 24.0 Å². The summed E-state index contributed by atoms with van der Waals surface area (Å²) in [6.45, 7) is 3.04. The lowest BCUT2D eigenvalue weighted by Crippen LogP contribution is -2.32. The number of Topliss-reactive ketones (excluding diaryl/α,β-unsaturated/α-hetero) is 2. The van der Waals surface area contributed by atoms with E-state index in [1.165, 1.54) is 6.07 Å². The molecule has 0 bridgehead atoms. The van der Waals surface area contributed by atoms with Crippen LogP contribution in [-0.4, -0.2) is 22.5 Å². The zero-order valence-electron chi connectivity index (χ0n) is 14.9. The highest BCUT2D eigenvalue weighted by molar-refractivity contribution is 6.33. The lowest BCUT2D eigenvalue weighted by atomic mass is 9.73. The van der Waals surface area contributed by atoms with Crippen LogP contribution in [-0.2, 0) is 9.59 Å². The van der Waals surface area contributed by atoms with Crippen LogP contribution in [0.4, 0.5) is 5.69 Å². The van der Waals surface area contributed by atoms with E-state index in [-0.39, 0.29) is 39.9 Å². The molecule has 0 amide bonds. The molecule has 0 aliphatic heterocycles. The Morgan fingerprint density at radius 1 is 1.30 bits per heavy atom. The predicted octanol–water partition coefficient (Wildman–Crippen LogP) is 3.92. The molecule has 3 unspecified atom stereocenters. The van der Waals surface area contributed by atoms with Crippen molar-refractivity contribution >= 4 is 34.8 Å². The van der Waals surface area contributed by atoms with Crippen LogP contribution in [0.1, 0.15) is 43.5 Å². The van der Waals surface area contributed by atoms with Crippen LogP contribution in [0.2, 0.25) is 5.02 Å². The summed E-state index contributed by atoms with van der Waals surface area (Å²) in [5, 5.41) is 11.4. The molecule has 0 N–H and O–H groups in total. The van der Waals surface area contributed by atoms with Gasteiger partial charge in [-0.05, 0) is 24.7 Å². The highest BCUT2D eigenvalue weighted by Gasteiger charge is 2.43.